The summed E-state index contributed by atoms with van der Waals surface area (Å²) in [5.41, 5.74) is 1.39. The van der Waals surface area contributed by atoms with Crippen molar-refractivity contribution in [2.45, 2.75) is 44.6 Å². The van der Waals surface area contributed by atoms with E-state index in [1.807, 2.05) is 24.4 Å². The molecule has 0 spiro atoms. The van der Waals surface area contributed by atoms with Crippen LogP contribution >= 0.6 is 0 Å². The van der Waals surface area contributed by atoms with Crippen molar-refractivity contribution in [1.82, 2.24) is 20.2 Å². The third-order valence-electron chi connectivity index (χ3n) is 7.00. The first-order valence-electron chi connectivity index (χ1n) is 14.3. The molecule has 0 saturated carbocycles. The normalized spacial score (nSPS) is 12.5. The lowest BCUT2D eigenvalue weighted by Crippen LogP contribution is -2.58. The lowest BCUT2D eigenvalue weighted by Gasteiger charge is -2.29. The third kappa shape index (κ3) is 8.39. The molecule has 11 nitrogen and oxygen atoms in total. The summed E-state index contributed by atoms with van der Waals surface area (Å²) in [5.74, 6) is -6.86. The molecule has 0 radical (unpaired) electrons. The standard InChI is InChI=1S/C33H33F2N5O6/c1-21-10-9-15-24(16-21)29-37-18-26(39-32(45)46-20-23-13-7-4-8-14-23)30(43)40(29)19-27(41)38-25(17-22-11-5-3-6-12-22)28(42)33(34,35)31(44)36-2/h3-16,18,25,28,42H,17,19-20H2,1-2H3,(H,36,44)(H,38,41)(H,39,45). The van der Waals surface area contributed by atoms with Gasteiger partial charge in [0.1, 0.15) is 30.8 Å². The van der Waals surface area contributed by atoms with Gasteiger partial charge in [0.2, 0.25) is 5.91 Å². The van der Waals surface area contributed by atoms with E-state index in [0.717, 1.165) is 23.4 Å². The Morgan fingerprint density at radius 3 is 2.26 bits per heavy atom. The molecule has 13 heteroatoms. The molecule has 1 aromatic heterocycles. The van der Waals surface area contributed by atoms with E-state index in [1.165, 1.54) is 0 Å². The minimum atomic E-state index is -4.25. The van der Waals surface area contributed by atoms with Gasteiger partial charge in [0.15, 0.2) is 0 Å². The van der Waals surface area contributed by atoms with Gasteiger partial charge in [-0.05, 0) is 30.5 Å². The first-order valence-corrected chi connectivity index (χ1v) is 14.3. The maximum atomic E-state index is 14.8. The number of ether oxygens (including phenoxy) is 1. The molecule has 0 aliphatic carbocycles. The highest BCUT2D eigenvalue weighted by molar-refractivity contribution is 5.85. The molecule has 3 aromatic carbocycles. The average molecular weight is 634 g/mol. The number of aliphatic hydroxyl groups is 1. The van der Waals surface area contributed by atoms with Gasteiger partial charge < -0.3 is 20.5 Å². The Bertz CT molecular complexity index is 1730. The summed E-state index contributed by atoms with van der Waals surface area (Å²) < 4.78 is 35.9. The van der Waals surface area contributed by atoms with Gasteiger partial charge >= 0.3 is 12.0 Å². The zero-order chi connectivity index (χ0) is 33.3. The summed E-state index contributed by atoms with van der Waals surface area (Å²) in [6, 6.07) is 22.4. The van der Waals surface area contributed by atoms with E-state index in [-0.39, 0.29) is 24.5 Å². The molecular weight excluding hydrogens is 600 g/mol. The smallest absolute Gasteiger partial charge is 0.412 e. The van der Waals surface area contributed by atoms with Crippen molar-refractivity contribution in [3.05, 3.63) is 118 Å². The number of carbonyl (C=O) groups is 3. The molecule has 0 bridgehead atoms. The third-order valence-corrected chi connectivity index (χ3v) is 7.00. The first kappa shape index (κ1) is 33.5. The highest BCUT2D eigenvalue weighted by Crippen LogP contribution is 2.24. The van der Waals surface area contributed by atoms with Crippen LogP contribution in [0.5, 0.6) is 0 Å². The Labute approximate surface area is 263 Å². The quantitative estimate of drug-likeness (QED) is 0.187. The van der Waals surface area contributed by atoms with E-state index >= 15 is 0 Å². The second-order valence-electron chi connectivity index (χ2n) is 10.5. The Morgan fingerprint density at radius 2 is 1.63 bits per heavy atom. The summed E-state index contributed by atoms with van der Waals surface area (Å²) in [6.07, 6.45) is -2.68. The summed E-state index contributed by atoms with van der Waals surface area (Å²) >= 11 is 0. The number of aliphatic hydroxyl groups excluding tert-OH is 1. The van der Waals surface area contributed by atoms with Crippen LogP contribution in [0.1, 0.15) is 16.7 Å². The molecule has 4 N–H and O–H groups in total. The van der Waals surface area contributed by atoms with Crippen molar-refractivity contribution in [3.8, 4) is 11.4 Å². The van der Waals surface area contributed by atoms with E-state index < -0.39 is 48.1 Å². The number of anilines is 1. The molecule has 0 fully saturated rings. The lowest BCUT2D eigenvalue weighted by atomic mass is 9.96. The number of carbonyl (C=O) groups excluding carboxylic acids is 3. The van der Waals surface area contributed by atoms with E-state index in [4.69, 9.17) is 4.74 Å². The molecule has 2 atom stereocenters. The van der Waals surface area contributed by atoms with Gasteiger partial charge in [0.25, 0.3) is 11.5 Å². The topological polar surface area (TPSA) is 152 Å². The zero-order valence-electron chi connectivity index (χ0n) is 25.1. The molecular formula is C33H33F2N5O6. The first-order chi connectivity index (χ1) is 22.0. The summed E-state index contributed by atoms with van der Waals surface area (Å²) in [4.78, 5) is 55.8. The zero-order valence-corrected chi connectivity index (χ0v) is 25.1. The number of aromatic nitrogens is 2. The molecule has 4 aromatic rings. The average Bonchev–Trinajstić information content (AvgIpc) is 3.05. The van der Waals surface area contributed by atoms with Crippen LogP contribution in [0, 0.1) is 6.92 Å². The van der Waals surface area contributed by atoms with Crippen LogP contribution in [-0.4, -0.2) is 57.7 Å². The predicted octanol–water partition coefficient (Wildman–Crippen LogP) is 3.44. The van der Waals surface area contributed by atoms with Crippen molar-refractivity contribution in [1.29, 1.82) is 0 Å². The van der Waals surface area contributed by atoms with Gasteiger partial charge in [0.05, 0.1) is 12.2 Å². The molecule has 4 rings (SSSR count). The number of amides is 3. The number of benzene rings is 3. The molecule has 1 heterocycles. The molecule has 0 aliphatic rings. The van der Waals surface area contributed by atoms with Crippen LogP contribution in [0.25, 0.3) is 11.4 Å². The Balaban J connectivity index is 1.63. The number of aryl methyl sites for hydroxylation is 1. The summed E-state index contributed by atoms with van der Waals surface area (Å²) in [5, 5.41) is 17.2. The minimum Gasteiger partial charge on any atom is -0.444 e. The second-order valence-corrected chi connectivity index (χ2v) is 10.5. The van der Waals surface area contributed by atoms with E-state index in [9.17, 15) is 33.1 Å². The van der Waals surface area contributed by atoms with Gasteiger partial charge in [-0.3, -0.25) is 24.3 Å². The van der Waals surface area contributed by atoms with Crippen molar-refractivity contribution in [3.63, 3.8) is 0 Å². The van der Waals surface area contributed by atoms with Gasteiger partial charge in [-0.25, -0.2) is 9.78 Å². The highest BCUT2D eigenvalue weighted by atomic mass is 19.3. The number of alkyl halides is 2. The fourth-order valence-electron chi connectivity index (χ4n) is 4.67. The Morgan fingerprint density at radius 1 is 0.978 bits per heavy atom. The van der Waals surface area contributed by atoms with Crippen LogP contribution in [0.2, 0.25) is 0 Å². The van der Waals surface area contributed by atoms with Gasteiger partial charge in [-0.15, -0.1) is 0 Å². The van der Waals surface area contributed by atoms with E-state index in [0.29, 0.717) is 16.7 Å². The van der Waals surface area contributed by atoms with Crippen LogP contribution in [0.15, 0.2) is 95.9 Å². The van der Waals surface area contributed by atoms with Crippen LogP contribution in [0.4, 0.5) is 19.3 Å². The number of halogens is 2. The monoisotopic (exact) mass is 633 g/mol. The minimum absolute atomic E-state index is 0.0582. The lowest BCUT2D eigenvalue weighted by molar-refractivity contribution is -0.167. The number of rotatable bonds is 12. The Kier molecular flexibility index (Phi) is 10.9. The molecule has 3 amide bonds. The van der Waals surface area contributed by atoms with Crippen molar-refractivity contribution >= 4 is 23.6 Å². The van der Waals surface area contributed by atoms with Crippen LogP contribution < -0.4 is 21.5 Å². The maximum Gasteiger partial charge on any atom is 0.412 e. The summed E-state index contributed by atoms with van der Waals surface area (Å²) in [7, 11) is 0.998. The fourth-order valence-corrected chi connectivity index (χ4v) is 4.67. The van der Waals surface area contributed by atoms with Crippen molar-refractivity contribution < 1.29 is 33.0 Å². The summed E-state index contributed by atoms with van der Waals surface area (Å²) in [6.45, 7) is 1.02. The van der Waals surface area contributed by atoms with Gasteiger partial charge in [0, 0.05) is 12.6 Å². The maximum absolute atomic E-state index is 14.8. The molecule has 2 unspecified atom stereocenters. The number of hydrogen-bond acceptors (Lipinski definition) is 7. The van der Waals surface area contributed by atoms with E-state index in [1.54, 1.807) is 72.8 Å². The van der Waals surface area contributed by atoms with Crippen molar-refractivity contribution in [2.75, 3.05) is 12.4 Å². The molecule has 0 saturated heterocycles. The van der Waals surface area contributed by atoms with Crippen LogP contribution in [-0.2, 0) is 33.9 Å². The second kappa shape index (κ2) is 15.0. The predicted molar refractivity (Wildman–Crippen MR) is 166 cm³/mol. The fraction of sp³-hybridized carbons (Fsp3) is 0.242. The van der Waals surface area contributed by atoms with E-state index in [2.05, 4.69) is 15.6 Å². The number of hydrogen-bond donors (Lipinski definition) is 4. The van der Waals surface area contributed by atoms with Crippen molar-refractivity contribution in [2.24, 2.45) is 0 Å². The SMILES string of the molecule is CNC(=O)C(F)(F)C(O)C(Cc1ccccc1)NC(=O)Cn1c(-c2cccc(C)c2)ncc(NC(=O)OCc2ccccc2)c1=O. The van der Waals surface area contributed by atoms with Gasteiger partial charge in [-0.1, -0.05) is 84.4 Å². The largest absolute Gasteiger partial charge is 0.444 e. The van der Waals surface area contributed by atoms with Gasteiger partial charge in [-0.2, -0.15) is 8.78 Å². The number of nitrogens with zero attached hydrogens (tertiary/aromatic N) is 2. The Hall–Kier alpha value is -5.43. The van der Waals surface area contributed by atoms with Crippen LogP contribution in [0.3, 0.4) is 0 Å². The molecule has 0 aliphatic heterocycles. The highest BCUT2D eigenvalue weighted by Gasteiger charge is 2.50. The molecule has 46 heavy (non-hydrogen) atoms. The molecule has 240 valence electrons. The number of nitrogens with one attached hydrogen (secondary N) is 3.